The zero-order valence-electron chi connectivity index (χ0n) is 31.9. The van der Waals surface area contributed by atoms with E-state index in [1.54, 1.807) is 23.6 Å². The number of rotatable bonds is 14. The summed E-state index contributed by atoms with van der Waals surface area (Å²) < 4.78 is 11.0. The fraction of sp³-hybridized carbons (Fsp3) is 0.143. The van der Waals surface area contributed by atoms with Crippen LogP contribution in [0.1, 0.15) is 30.5 Å². The Kier molecular flexibility index (Phi) is 12.1. The maximum absolute atomic E-state index is 15.3. The van der Waals surface area contributed by atoms with E-state index in [4.69, 9.17) is 9.47 Å². The number of likely N-dealkylation sites (tertiary alicyclic amines) is 1. The fourth-order valence-electron chi connectivity index (χ4n) is 7.87. The van der Waals surface area contributed by atoms with Crippen molar-refractivity contribution < 1.29 is 23.9 Å². The first-order chi connectivity index (χ1) is 27.8. The Morgan fingerprint density at radius 1 is 0.684 bits per heavy atom. The summed E-state index contributed by atoms with van der Waals surface area (Å²) in [5.41, 5.74) is 3.19. The average molecular weight is 790 g/mol. The van der Waals surface area contributed by atoms with Gasteiger partial charge in [0.15, 0.2) is 0 Å². The first-order valence-electron chi connectivity index (χ1n) is 18.9. The van der Waals surface area contributed by atoms with Crippen molar-refractivity contribution in [1.82, 2.24) is 4.90 Å². The Morgan fingerprint density at radius 3 is 1.40 bits per heavy atom. The van der Waals surface area contributed by atoms with Gasteiger partial charge in [0, 0.05) is 13.8 Å². The molecule has 6 nitrogen and oxygen atoms in total. The van der Waals surface area contributed by atoms with Crippen molar-refractivity contribution in [3.05, 3.63) is 211 Å². The lowest BCUT2D eigenvalue weighted by Crippen LogP contribution is -2.68. The van der Waals surface area contributed by atoms with Gasteiger partial charge in [-0.2, -0.15) is 0 Å². The second kappa shape index (κ2) is 17.5. The molecule has 0 aliphatic carbocycles. The second-order valence-electron chi connectivity index (χ2n) is 13.7. The molecule has 1 aliphatic heterocycles. The van der Waals surface area contributed by atoms with Crippen LogP contribution in [0, 0.1) is 5.92 Å². The van der Waals surface area contributed by atoms with Crippen LogP contribution in [-0.2, 0) is 28.6 Å². The third-order valence-electron chi connectivity index (χ3n) is 10.3. The predicted octanol–water partition coefficient (Wildman–Crippen LogP) is 8.30. The van der Waals surface area contributed by atoms with Crippen molar-refractivity contribution in [2.24, 2.45) is 5.92 Å². The molecule has 7 rings (SSSR count). The molecule has 0 aromatic heterocycles. The highest BCUT2D eigenvalue weighted by Gasteiger charge is 2.59. The standard InChI is InChI=1S/C49H44NO5PS/c1-4-35-54-48(53)46(56(41-29-17-8-18-30-41,42-31-19-9-20-32-42)43-33-21-10-22-34-43)50-45(52)44(36(2)55-37(3)51)47(50)57-49(38-23-11-5-12-24-38,39-25-13-6-14-26-39)40-27-15-7-16-28-40/h4-34,36,44,47H,1,35H2,2-3H3. The van der Waals surface area contributed by atoms with Crippen LogP contribution in [0.5, 0.6) is 0 Å². The number of amides is 1. The van der Waals surface area contributed by atoms with Crippen molar-refractivity contribution in [3.63, 3.8) is 0 Å². The molecule has 6 aromatic carbocycles. The van der Waals surface area contributed by atoms with Gasteiger partial charge in [-0.3, -0.25) is 14.5 Å². The Bertz CT molecular complexity index is 2180. The number of β-lactam (4-membered cyclic amide) rings is 1. The van der Waals surface area contributed by atoms with E-state index in [-0.39, 0.29) is 17.9 Å². The Labute approximate surface area is 339 Å². The van der Waals surface area contributed by atoms with E-state index in [2.05, 4.69) is 43.0 Å². The number of ether oxygens (including phenoxy) is 2. The Morgan fingerprint density at radius 2 is 1.05 bits per heavy atom. The fourth-order valence-corrected chi connectivity index (χ4v) is 14.3. The number of nitrogens with zero attached hydrogens (tertiary/aromatic N) is 1. The molecule has 8 heteroatoms. The molecule has 0 saturated carbocycles. The van der Waals surface area contributed by atoms with Crippen LogP contribution in [0.3, 0.4) is 0 Å². The summed E-state index contributed by atoms with van der Waals surface area (Å²) >= 11 is 1.57. The molecule has 6 aromatic rings. The van der Waals surface area contributed by atoms with Gasteiger partial charge in [-0.05, 0) is 39.5 Å². The lowest BCUT2D eigenvalue weighted by molar-refractivity contribution is -0.162. The minimum absolute atomic E-state index is 0.0597. The predicted molar refractivity (Wildman–Crippen MR) is 233 cm³/mol. The van der Waals surface area contributed by atoms with Crippen LogP contribution in [0.2, 0.25) is 0 Å². The molecule has 1 saturated heterocycles. The molecule has 57 heavy (non-hydrogen) atoms. The Balaban J connectivity index is 1.62. The summed E-state index contributed by atoms with van der Waals surface area (Å²) in [5.74, 6) is -2.27. The van der Waals surface area contributed by atoms with Crippen LogP contribution >= 0.6 is 18.6 Å². The maximum atomic E-state index is 15.3. The molecule has 0 N–H and O–H groups in total. The van der Waals surface area contributed by atoms with E-state index < -0.39 is 41.0 Å². The topological polar surface area (TPSA) is 72.9 Å². The minimum atomic E-state index is -3.23. The molecule has 286 valence electrons. The highest BCUT2D eigenvalue weighted by atomic mass is 32.2. The molecule has 3 unspecified atom stereocenters. The van der Waals surface area contributed by atoms with Crippen LogP contribution in [-0.4, -0.2) is 46.2 Å². The van der Waals surface area contributed by atoms with Crippen LogP contribution in [0.25, 0.3) is 0 Å². The van der Waals surface area contributed by atoms with Gasteiger partial charge in [-0.25, -0.2) is 4.79 Å². The maximum Gasteiger partial charge on any atom is 0.356 e. The van der Waals surface area contributed by atoms with Crippen molar-refractivity contribution >= 4 is 57.8 Å². The van der Waals surface area contributed by atoms with Gasteiger partial charge in [0.2, 0.25) is 5.91 Å². The van der Waals surface area contributed by atoms with Crippen molar-refractivity contribution in [2.75, 3.05) is 6.61 Å². The Hall–Kier alpha value is -5.88. The summed E-state index contributed by atoms with van der Waals surface area (Å²) in [5, 5.41) is 1.90. The molecule has 3 atom stereocenters. The average Bonchev–Trinajstić information content (AvgIpc) is 3.26. The molecule has 0 bridgehead atoms. The van der Waals surface area contributed by atoms with Gasteiger partial charge in [-0.1, -0.05) is 195 Å². The van der Waals surface area contributed by atoms with Gasteiger partial charge >= 0.3 is 11.9 Å². The lowest BCUT2D eigenvalue weighted by atomic mass is 9.84. The van der Waals surface area contributed by atoms with Gasteiger partial charge in [0.1, 0.15) is 24.0 Å². The summed E-state index contributed by atoms with van der Waals surface area (Å²) in [6, 6.07) is 60.4. The second-order valence-corrected chi connectivity index (χ2v) is 18.4. The summed E-state index contributed by atoms with van der Waals surface area (Å²) in [4.78, 5) is 44.8. The van der Waals surface area contributed by atoms with Crippen LogP contribution < -0.4 is 15.9 Å². The van der Waals surface area contributed by atoms with Gasteiger partial charge in [0.25, 0.3) is 0 Å². The number of carbonyl (C=O) groups excluding carboxylic acids is 3. The third-order valence-corrected chi connectivity index (χ3v) is 16.3. The summed E-state index contributed by atoms with van der Waals surface area (Å²) in [7, 11) is 0. The molecule has 1 fully saturated rings. The molecular weight excluding hydrogens is 746 g/mol. The largest absolute Gasteiger partial charge is 0.462 e. The number of thioether (sulfide) groups is 1. The van der Waals surface area contributed by atoms with Crippen molar-refractivity contribution in [2.45, 2.75) is 30.1 Å². The minimum Gasteiger partial charge on any atom is -0.462 e. The van der Waals surface area contributed by atoms with Gasteiger partial charge < -0.3 is 9.47 Å². The zero-order valence-corrected chi connectivity index (χ0v) is 33.6. The number of esters is 2. The van der Waals surface area contributed by atoms with Crippen molar-refractivity contribution in [3.8, 4) is 0 Å². The first-order valence-corrected chi connectivity index (χ1v) is 21.6. The molecule has 1 aliphatic rings. The SMILES string of the molecule is C=CCOC(=O)C(N1C(=O)C(C(C)OC(C)=O)C1SC(c1ccccc1)(c1ccccc1)c1ccccc1)=P(c1ccccc1)(c1ccccc1)c1ccccc1. The third kappa shape index (κ3) is 7.41. The molecular formula is C49H44NO5PS. The van der Waals surface area contributed by atoms with Crippen LogP contribution in [0.4, 0.5) is 0 Å². The van der Waals surface area contributed by atoms with E-state index in [0.29, 0.717) is 0 Å². The first kappa shape index (κ1) is 39.4. The quantitative estimate of drug-likeness (QED) is 0.0364. The van der Waals surface area contributed by atoms with Crippen molar-refractivity contribution in [1.29, 1.82) is 0 Å². The van der Waals surface area contributed by atoms with E-state index in [0.717, 1.165) is 32.6 Å². The summed E-state index contributed by atoms with van der Waals surface area (Å²) in [6.45, 7) is 3.66. The molecule has 0 spiro atoms. The summed E-state index contributed by atoms with van der Waals surface area (Å²) in [6.07, 6.45) is 0.719. The number of hydrogen-bond donors (Lipinski definition) is 0. The normalized spacial score (nSPS) is 15.8. The van der Waals surface area contributed by atoms with Gasteiger partial charge in [0.05, 0.1) is 10.1 Å². The van der Waals surface area contributed by atoms with Gasteiger partial charge in [-0.15, -0.1) is 11.8 Å². The highest BCUT2D eigenvalue weighted by Crippen LogP contribution is 2.57. The lowest BCUT2D eigenvalue weighted by Gasteiger charge is -2.53. The zero-order chi connectivity index (χ0) is 39.8. The van der Waals surface area contributed by atoms with E-state index >= 15 is 9.59 Å². The molecule has 0 radical (unpaired) electrons. The highest BCUT2D eigenvalue weighted by molar-refractivity contribution is 8.01. The number of benzene rings is 6. The number of hydrogen-bond acceptors (Lipinski definition) is 6. The molecule has 1 heterocycles. The smallest absolute Gasteiger partial charge is 0.356 e. The van der Waals surface area contributed by atoms with Crippen LogP contribution in [0.15, 0.2) is 195 Å². The monoisotopic (exact) mass is 789 g/mol. The van der Waals surface area contributed by atoms with E-state index in [9.17, 15) is 4.79 Å². The van der Waals surface area contributed by atoms with E-state index in [1.807, 2.05) is 146 Å². The van der Waals surface area contributed by atoms with E-state index in [1.165, 1.54) is 13.0 Å². The molecule has 1 amide bonds. The number of carbonyl (C=O) groups is 3.